The van der Waals surface area contributed by atoms with E-state index < -0.39 is 0 Å². The van der Waals surface area contributed by atoms with Gasteiger partial charge >= 0.3 is 0 Å². The maximum Gasteiger partial charge on any atom is 0.123 e. The van der Waals surface area contributed by atoms with Crippen LogP contribution in [0.3, 0.4) is 0 Å². The minimum Gasteiger partial charge on any atom is -0.366 e. The van der Waals surface area contributed by atoms with E-state index >= 15 is 0 Å². The summed E-state index contributed by atoms with van der Waals surface area (Å²) in [5, 5.41) is 0. The topological polar surface area (TPSA) is 15.7 Å². The van der Waals surface area contributed by atoms with Crippen molar-refractivity contribution in [1.82, 2.24) is 9.80 Å². The summed E-state index contributed by atoms with van der Waals surface area (Å²) >= 11 is 0. The number of ether oxygens (including phenoxy) is 1. The molecule has 3 fully saturated rings. The van der Waals surface area contributed by atoms with Crippen molar-refractivity contribution in [2.45, 2.75) is 56.1 Å². The normalized spacial score (nSPS) is 26.5. The Bertz CT molecular complexity index is 591. The third-order valence-electron chi connectivity index (χ3n) is 6.44. The van der Waals surface area contributed by atoms with Crippen LogP contribution in [0.4, 0.5) is 4.39 Å². The molecule has 0 aromatic heterocycles. The highest BCUT2D eigenvalue weighted by atomic mass is 19.1. The summed E-state index contributed by atoms with van der Waals surface area (Å²) in [6.45, 7) is 5.39. The van der Waals surface area contributed by atoms with Gasteiger partial charge in [0.15, 0.2) is 0 Å². The van der Waals surface area contributed by atoms with Gasteiger partial charge in [0.25, 0.3) is 0 Å². The Labute approximate surface area is 151 Å². The lowest BCUT2D eigenvalue weighted by molar-refractivity contribution is -0.220. The van der Waals surface area contributed by atoms with Crippen molar-refractivity contribution in [3.63, 3.8) is 0 Å². The van der Waals surface area contributed by atoms with E-state index in [2.05, 4.69) is 16.8 Å². The molecule has 0 atom stereocenters. The van der Waals surface area contributed by atoms with E-state index in [9.17, 15) is 4.39 Å². The molecule has 2 aliphatic heterocycles. The third kappa shape index (κ3) is 3.91. The van der Waals surface area contributed by atoms with E-state index in [1.807, 2.05) is 12.1 Å². The van der Waals surface area contributed by atoms with Crippen molar-refractivity contribution in [1.29, 1.82) is 0 Å². The molecule has 1 saturated carbocycles. The fraction of sp³-hybridized carbons (Fsp3) is 0.714. The molecule has 1 aliphatic carbocycles. The number of hydrogen-bond donors (Lipinski definition) is 0. The summed E-state index contributed by atoms with van der Waals surface area (Å²) in [7, 11) is 2.26. The zero-order chi connectivity index (χ0) is 17.3. The van der Waals surface area contributed by atoms with Crippen LogP contribution in [-0.2, 0) is 11.2 Å². The monoisotopic (exact) mass is 346 g/mol. The maximum absolute atomic E-state index is 13.3. The lowest BCUT2D eigenvalue weighted by Crippen LogP contribution is -2.62. The summed E-state index contributed by atoms with van der Waals surface area (Å²) in [6.07, 6.45) is 8.30. The van der Waals surface area contributed by atoms with Crippen LogP contribution in [0.25, 0.3) is 0 Å². The van der Waals surface area contributed by atoms with Gasteiger partial charge in [-0.15, -0.1) is 0 Å². The number of morpholine rings is 1. The average Bonchev–Trinajstić information content (AvgIpc) is 3.01. The molecule has 2 spiro atoms. The largest absolute Gasteiger partial charge is 0.366 e. The Balaban J connectivity index is 1.33. The minimum absolute atomic E-state index is 0.0622. The van der Waals surface area contributed by atoms with Gasteiger partial charge in [-0.1, -0.05) is 25.0 Å². The molecule has 3 nitrogen and oxygen atoms in total. The van der Waals surface area contributed by atoms with E-state index in [1.54, 1.807) is 6.07 Å². The molecule has 2 saturated heterocycles. The molecule has 3 aliphatic rings. The van der Waals surface area contributed by atoms with Crippen LogP contribution in [0, 0.1) is 5.82 Å². The molecule has 4 heteroatoms. The smallest absolute Gasteiger partial charge is 0.123 e. The van der Waals surface area contributed by atoms with Crippen LogP contribution in [-0.4, -0.2) is 60.8 Å². The Morgan fingerprint density at radius 2 is 1.72 bits per heavy atom. The molecule has 0 amide bonds. The zero-order valence-corrected chi connectivity index (χ0v) is 15.5. The molecule has 1 aromatic rings. The van der Waals surface area contributed by atoms with E-state index in [0.29, 0.717) is 0 Å². The van der Waals surface area contributed by atoms with Gasteiger partial charge in [-0.3, -0.25) is 0 Å². The zero-order valence-electron chi connectivity index (χ0n) is 15.5. The number of nitrogens with zero attached hydrogens (tertiary/aromatic N) is 2. The van der Waals surface area contributed by atoms with E-state index in [1.165, 1.54) is 31.7 Å². The molecule has 0 N–H and O–H groups in total. The molecular weight excluding hydrogens is 315 g/mol. The molecule has 138 valence electrons. The number of likely N-dealkylation sites (tertiary alicyclic amines) is 1. The van der Waals surface area contributed by atoms with E-state index in [4.69, 9.17) is 4.74 Å². The molecule has 1 aromatic carbocycles. The molecule has 0 bridgehead atoms. The van der Waals surface area contributed by atoms with Crippen molar-refractivity contribution < 1.29 is 9.13 Å². The summed E-state index contributed by atoms with van der Waals surface area (Å²) < 4.78 is 20.2. The van der Waals surface area contributed by atoms with Gasteiger partial charge in [-0.25, -0.2) is 4.39 Å². The first kappa shape index (κ1) is 17.4. The standard InChI is InChI=1S/C21H31FN2O/c1-23-16-20(8-2-3-9-20)25-21(17-23)10-13-24(14-11-21)12-7-18-5-4-6-19(22)15-18/h4-6,15H,2-3,7-14,16-17H2,1H3. The van der Waals surface area contributed by atoms with Gasteiger partial charge in [0.2, 0.25) is 0 Å². The molecule has 2 heterocycles. The number of rotatable bonds is 3. The first-order chi connectivity index (χ1) is 12.1. The van der Waals surface area contributed by atoms with Gasteiger partial charge in [0, 0.05) is 32.7 Å². The highest BCUT2D eigenvalue weighted by Gasteiger charge is 2.49. The first-order valence-corrected chi connectivity index (χ1v) is 9.92. The maximum atomic E-state index is 13.3. The number of piperidine rings is 1. The van der Waals surface area contributed by atoms with Gasteiger partial charge in [0.1, 0.15) is 5.82 Å². The van der Waals surface area contributed by atoms with Gasteiger partial charge in [-0.2, -0.15) is 0 Å². The van der Waals surface area contributed by atoms with E-state index in [0.717, 1.165) is 57.5 Å². The Hall–Kier alpha value is -0.970. The van der Waals surface area contributed by atoms with Crippen LogP contribution >= 0.6 is 0 Å². The third-order valence-corrected chi connectivity index (χ3v) is 6.44. The molecule has 0 unspecified atom stereocenters. The Morgan fingerprint density at radius 1 is 1.04 bits per heavy atom. The summed E-state index contributed by atoms with van der Waals surface area (Å²) in [5.74, 6) is -0.129. The van der Waals surface area contributed by atoms with Crippen molar-refractivity contribution in [3.05, 3.63) is 35.6 Å². The van der Waals surface area contributed by atoms with Crippen LogP contribution < -0.4 is 0 Å². The summed E-state index contributed by atoms with van der Waals surface area (Å²) in [5.41, 5.74) is 1.29. The van der Waals surface area contributed by atoms with Crippen molar-refractivity contribution in [3.8, 4) is 0 Å². The van der Waals surface area contributed by atoms with Crippen molar-refractivity contribution in [2.24, 2.45) is 0 Å². The molecular formula is C21H31FN2O. The SMILES string of the molecule is CN1CC2(CCCC2)OC2(CCN(CCc3cccc(F)c3)CC2)C1. The molecule has 4 rings (SSSR count). The van der Waals surface area contributed by atoms with Crippen LogP contribution in [0.5, 0.6) is 0 Å². The second-order valence-corrected chi connectivity index (χ2v) is 8.57. The molecule has 0 radical (unpaired) electrons. The predicted octanol–water partition coefficient (Wildman–Crippen LogP) is 3.48. The summed E-state index contributed by atoms with van der Waals surface area (Å²) in [4.78, 5) is 5.03. The van der Waals surface area contributed by atoms with Crippen molar-refractivity contribution in [2.75, 3.05) is 39.8 Å². The highest BCUT2D eigenvalue weighted by Crippen LogP contribution is 2.43. The van der Waals surface area contributed by atoms with Crippen LogP contribution in [0.15, 0.2) is 24.3 Å². The fourth-order valence-corrected chi connectivity index (χ4v) is 5.27. The van der Waals surface area contributed by atoms with Gasteiger partial charge in [0.05, 0.1) is 11.2 Å². The predicted molar refractivity (Wildman–Crippen MR) is 98.3 cm³/mol. The molecule has 25 heavy (non-hydrogen) atoms. The Kier molecular flexibility index (Phi) is 4.87. The van der Waals surface area contributed by atoms with E-state index in [-0.39, 0.29) is 17.0 Å². The van der Waals surface area contributed by atoms with Gasteiger partial charge in [-0.05, 0) is 56.8 Å². The number of likely N-dealkylation sites (N-methyl/N-ethyl adjacent to an activating group) is 1. The van der Waals surface area contributed by atoms with Crippen molar-refractivity contribution >= 4 is 0 Å². The highest BCUT2D eigenvalue weighted by molar-refractivity contribution is 5.16. The number of benzene rings is 1. The fourth-order valence-electron chi connectivity index (χ4n) is 5.27. The lowest BCUT2D eigenvalue weighted by atomic mass is 9.85. The lowest BCUT2D eigenvalue weighted by Gasteiger charge is -2.53. The van der Waals surface area contributed by atoms with Crippen LogP contribution in [0.1, 0.15) is 44.1 Å². The van der Waals surface area contributed by atoms with Crippen LogP contribution in [0.2, 0.25) is 0 Å². The first-order valence-electron chi connectivity index (χ1n) is 9.92. The second kappa shape index (κ2) is 6.98. The number of hydrogen-bond acceptors (Lipinski definition) is 3. The number of halogens is 1. The quantitative estimate of drug-likeness (QED) is 0.833. The van der Waals surface area contributed by atoms with Gasteiger partial charge < -0.3 is 14.5 Å². The minimum atomic E-state index is -0.129. The Morgan fingerprint density at radius 3 is 2.40 bits per heavy atom. The summed E-state index contributed by atoms with van der Waals surface area (Å²) in [6, 6.07) is 7.01. The average molecular weight is 346 g/mol. The second-order valence-electron chi connectivity index (χ2n) is 8.57.